The van der Waals surface area contributed by atoms with Crippen molar-refractivity contribution in [3.8, 4) is 5.75 Å². The summed E-state index contributed by atoms with van der Waals surface area (Å²) in [6.45, 7) is 5.98. The minimum atomic E-state index is 0.0896. The van der Waals surface area contributed by atoms with Gasteiger partial charge in [0, 0.05) is 10.6 Å². The molecule has 0 bridgehead atoms. The Morgan fingerprint density at radius 3 is 2.55 bits per heavy atom. The van der Waals surface area contributed by atoms with Gasteiger partial charge in [0.15, 0.2) is 5.75 Å². The fourth-order valence-electron chi connectivity index (χ4n) is 2.27. The van der Waals surface area contributed by atoms with E-state index in [0.29, 0.717) is 5.02 Å². The van der Waals surface area contributed by atoms with Crippen molar-refractivity contribution in [2.24, 2.45) is 0 Å². The number of rotatable bonds is 4. The van der Waals surface area contributed by atoms with Crippen molar-refractivity contribution in [1.29, 1.82) is 0 Å². The highest BCUT2D eigenvalue weighted by molar-refractivity contribution is 9.10. The van der Waals surface area contributed by atoms with Crippen LogP contribution in [0, 0.1) is 13.8 Å². The van der Waals surface area contributed by atoms with E-state index in [4.69, 9.17) is 20.8 Å². The van der Waals surface area contributed by atoms with E-state index in [2.05, 4.69) is 28.2 Å². The Labute approximate surface area is 132 Å². The second kappa shape index (κ2) is 6.10. The number of ether oxygens (including phenoxy) is 1. The third-order valence-corrected chi connectivity index (χ3v) is 3.94. The summed E-state index contributed by atoms with van der Waals surface area (Å²) < 4.78 is 11.8. The zero-order valence-electron chi connectivity index (χ0n) is 11.9. The standard InChI is InChI=1S/C15H17BrClNO2/c1-8-5-12(10(3)20-8)9(2)18-14-7-11(17)6-13(16)15(14)19-4/h5-7,9,18H,1-4H3. The van der Waals surface area contributed by atoms with E-state index in [0.717, 1.165) is 33.0 Å². The molecular formula is C15H17BrClNO2. The van der Waals surface area contributed by atoms with E-state index in [9.17, 15) is 0 Å². The van der Waals surface area contributed by atoms with Gasteiger partial charge in [-0.25, -0.2) is 0 Å². The third-order valence-electron chi connectivity index (χ3n) is 3.13. The highest BCUT2D eigenvalue weighted by Crippen LogP contribution is 2.38. The summed E-state index contributed by atoms with van der Waals surface area (Å²) in [5.41, 5.74) is 1.97. The molecule has 5 heteroatoms. The normalized spacial score (nSPS) is 12.3. The van der Waals surface area contributed by atoms with Crippen LogP contribution in [-0.2, 0) is 0 Å². The fourth-order valence-corrected chi connectivity index (χ4v) is 3.24. The van der Waals surface area contributed by atoms with Gasteiger partial charge in [0.05, 0.1) is 23.3 Å². The number of hydrogen-bond acceptors (Lipinski definition) is 3. The molecule has 3 nitrogen and oxygen atoms in total. The lowest BCUT2D eigenvalue weighted by atomic mass is 10.1. The van der Waals surface area contributed by atoms with Crippen molar-refractivity contribution < 1.29 is 9.15 Å². The number of nitrogens with one attached hydrogen (secondary N) is 1. The van der Waals surface area contributed by atoms with Crippen LogP contribution in [0.1, 0.15) is 30.0 Å². The summed E-state index contributed by atoms with van der Waals surface area (Å²) in [6, 6.07) is 5.79. The van der Waals surface area contributed by atoms with Crippen LogP contribution < -0.4 is 10.1 Å². The number of hydrogen-bond donors (Lipinski definition) is 1. The Kier molecular flexibility index (Phi) is 4.66. The SMILES string of the molecule is COc1c(Br)cc(Cl)cc1NC(C)c1cc(C)oc1C. The van der Waals surface area contributed by atoms with Crippen molar-refractivity contribution >= 4 is 33.2 Å². The number of aryl methyl sites for hydroxylation is 2. The summed E-state index contributed by atoms with van der Waals surface area (Å²) in [5, 5.41) is 4.06. The number of benzene rings is 1. The molecule has 1 aromatic carbocycles. The van der Waals surface area contributed by atoms with E-state index < -0.39 is 0 Å². The molecule has 2 rings (SSSR count). The molecule has 1 atom stereocenters. The summed E-state index contributed by atoms with van der Waals surface area (Å²) in [7, 11) is 1.64. The Morgan fingerprint density at radius 1 is 1.30 bits per heavy atom. The summed E-state index contributed by atoms with van der Waals surface area (Å²) in [6.07, 6.45) is 0. The average Bonchev–Trinajstić information content (AvgIpc) is 2.68. The van der Waals surface area contributed by atoms with Crippen molar-refractivity contribution in [2.75, 3.05) is 12.4 Å². The summed E-state index contributed by atoms with van der Waals surface area (Å²) >= 11 is 9.55. The van der Waals surface area contributed by atoms with Crippen molar-refractivity contribution in [1.82, 2.24) is 0 Å². The molecule has 108 valence electrons. The fraction of sp³-hybridized carbons (Fsp3) is 0.333. The lowest BCUT2D eigenvalue weighted by Crippen LogP contribution is -2.08. The molecule has 0 amide bonds. The average molecular weight is 359 g/mol. The maximum absolute atomic E-state index is 6.10. The van der Waals surface area contributed by atoms with E-state index in [1.54, 1.807) is 7.11 Å². The first-order valence-corrected chi connectivity index (χ1v) is 7.46. The third kappa shape index (κ3) is 3.13. The van der Waals surface area contributed by atoms with Gasteiger partial charge >= 0.3 is 0 Å². The van der Waals surface area contributed by atoms with Crippen LogP contribution in [0.5, 0.6) is 5.75 Å². The first-order valence-electron chi connectivity index (χ1n) is 6.29. The molecule has 0 aliphatic heterocycles. The molecule has 1 N–H and O–H groups in total. The van der Waals surface area contributed by atoms with Gasteiger partial charge in [-0.05, 0) is 54.9 Å². The highest BCUT2D eigenvalue weighted by Gasteiger charge is 2.16. The van der Waals surface area contributed by atoms with Gasteiger partial charge in [-0.15, -0.1) is 0 Å². The van der Waals surface area contributed by atoms with Crippen LogP contribution in [-0.4, -0.2) is 7.11 Å². The van der Waals surface area contributed by atoms with Crippen molar-refractivity contribution in [3.05, 3.63) is 44.8 Å². The summed E-state index contributed by atoms with van der Waals surface area (Å²) in [4.78, 5) is 0. The van der Waals surface area contributed by atoms with E-state index in [-0.39, 0.29) is 6.04 Å². The van der Waals surface area contributed by atoms with Gasteiger partial charge in [0.2, 0.25) is 0 Å². The second-order valence-electron chi connectivity index (χ2n) is 4.70. The molecule has 0 saturated heterocycles. The van der Waals surface area contributed by atoms with Gasteiger partial charge < -0.3 is 14.5 Å². The van der Waals surface area contributed by atoms with Gasteiger partial charge in [0.25, 0.3) is 0 Å². The Morgan fingerprint density at radius 2 is 2.00 bits per heavy atom. The van der Waals surface area contributed by atoms with Crippen LogP contribution in [0.3, 0.4) is 0 Å². The first-order chi connectivity index (χ1) is 9.42. The predicted octanol–water partition coefficient (Wildman–Crippen LogP) is 5.49. The monoisotopic (exact) mass is 357 g/mol. The maximum atomic E-state index is 6.10. The number of anilines is 1. The van der Waals surface area contributed by atoms with Crippen LogP contribution in [0.15, 0.2) is 27.1 Å². The van der Waals surface area contributed by atoms with Crippen LogP contribution in [0.4, 0.5) is 5.69 Å². The van der Waals surface area contributed by atoms with E-state index in [1.807, 2.05) is 32.0 Å². The number of methoxy groups -OCH3 is 1. The minimum absolute atomic E-state index is 0.0896. The Hall–Kier alpha value is -1.13. The Balaban J connectivity index is 2.32. The zero-order chi connectivity index (χ0) is 14.9. The smallest absolute Gasteiger partial charge is 0.156 e. The topological polar surface area (TPSA) is 34.4 Å². The molecule has 1 aromatic heterocycles. The zero-order valence-corrected chi connectivity index (χ0v) is 14.2. The molecule has 0 saturated carbocycles. The molecule has 0 fully saturated rings. The van der Waals surface area contributed by atoms with Crippen LogP contribution in [0.25, 0.3) is 0 Å². The van der Waals surface area contributed by atoms with Crippen LogP contribution in [0.2, 0.25) is 5.02 Å². The maximum Gasteiger partial charge on any atom is 0.156 e. The Bertz CT molecular complexity index is 625. The minimum Gasteiger partial charge on any atom is -0.493 e. The first kappa shape index (κ1) is 15.3. The molecule has 20 heavy (non-hydrogen) atoms. The van der Waals surface area contributed by atoms with E-state index >= 15 is 0 Å². The molecule has 0 aliphatic rings. The van der Waals surface area contributed by atoms with Gasteiger partial charge in [-0.2, -0.15) is 0 Å². The molecular weight excluding hydrogens is 342 g/mol. The van der Waals surface area contributed by atoms with Gasteiger partial charge in [0.1, 0.15) is 11.5 Å². The van der Waals surface area contributed by atoms with Gasteiger partial charge in [-0.1, -0.05) is 11.6 Å². The van der Waals surface area contributed by atoms with E-state index in [1.165, 1.54) is 0 Å². The molecule has 0 radical (unpaired) electrons. The molecule has 1 unspecified atom stereocenters. The quantitative estimate of drug-likeness (QED) is 0.784. The lowest BCUT2D eigenvalue weighted by molar-refractivity contribution is 0.413. The number of furan rings is 1. The van der Waals surface area contributed by atoms with Crippen LogP contribution >= 0.6 is 27.5 Å². The molecule has 0 aliphatic carbocycles. The second-order valence-corrected chi connectivity index (χ2v) is 5.99. The van der Waals surface area contributed by atoms with Crippen molar-refractivity contribution in [2.45, 2.75) is 26.8 Å². The predicted molar refractivity (Wildman–Crippen MR) is 85.9 cm³/mol. The molecule has 2 aromatic rings. The van der Waals surface area contributed by atoms with Gasteiger partial charge in [-0.3, -0.25) is 0 Å². The highest BCUT2D eigenvalue weighted by atomic mass is 79.9. The summed E-state index contributed by atoms with van der Waals surface area (Å²) in [5.74, 6) is 2.56. The largest absolute Gasteiger partial charge is 0.493 e. The van der Waals surface area contributed by atoms with Crippen molar-refractivity contribution in [3.63, 3.8) is 0 Å². The molecule has 0 spiro atoms. The lowest BCUT2D eigenvalue weighted by Gasteiger charge is -2.18. The molecule has 1 heterocycles. The number of halogens is 2.